The number of benzene rings is 2. The molecule has 27 heavy (non-hydrogen) atoms. The van der Waals surface area contributed by atoms with Crippen LogP contribution in [0.2, 0.25) is 5.02 Å². The van der Waals surface area contributed by atoms with Gasteiger partial charge >= 0.3 is 0 Å². The van der Waals surface area contributed by atoms with Gasteiger partial charge in [0, 0.05) is 32.7 Å². The van der Waals surface area contributed by atoms with Gasteiger partial charge in [-0.1, -0.05) is 48.0 Å². The van der Waals surface area contributed by atoms with Crippen LogP contribution in [0.4, 0.5) is 4.39 Å². The summed E-state index contributed by atoms with van der Waals surface area (Å²) in [6, 6.07) is 13.9. The quantitative estimate of drug-likeness (QED) is 0.855. The van der Waals surface area contributed by atoms with Crippen molar-refractivity contribution in [2.24, 2.45) is 0 Å². The zero-order valence-corrected chi connectivity index (χ0v) is 15.6. The van der Waals surface area contributed by atoms with E-state index in [0.29, 0.717) is 32.7 Å². The van der Waals surface area contributed by atoms with Crippen LogP contribution >= 0.6 is 11.6 Å². The highest BCUT2D eigenvalue weighted by atomic mass is 35.5. The van der Waals surface area contributed by atoms with Crippen molar-refractivity contribution >= 4 is 23.4 Å². The molecule has 5 nitrogen and oxygen atoms in total. The summed E-state index contributed by atoms with van der Waals surface area (Å²) in [6.07, 6.45) is 0. The van der Waals surface area contributed by atoms with Gasteiger partial charge in [-0.3, -0.25) is 14.5 Å². The summed E-state index contributed by atoms with van der Waals surface area (Å²) in [5.41, 5.74) is 0.955. The minimum Gasteiger partial charge on any atom is -0.351 e. The molecule has 142 valence electrons. The van der Waals surface area contributed by atoms with Gasteiger partial charge < -0.3 is 10.2 Å². The molecule has 3 rings (SSSR count). The molecule has 0 unspecified atom stereocenters. The van der Waals surface area contributed by atoms with Gasteiger partial charge in [-0.05, 0) is 17.7 Å². The summed E-state index contributed by atoms with van der Waals surface area (Å²) in [6.45, 7) is 2.72. The van der Waals surface area contributed by atoms with Crippen LogP contribution in [0.1, 0.15) is 15.9 Å². The van der Waals surface area contributed by atoms with Crippen LogP contribution in [0.3, 0.4) is 0 Å². The van der Waals surface area contributed by atoms with Crippen molar-refractivity contribution in [3.05, 3.63) is 70.5 Å². The lowest BCUT2D eigenvalue weighted by atomic mass is 10.1. The maximum absolute atomic E-state index is 13.9. The van der Waals surface area contributed by atoms with Gasteiger partial charge in [-0.25, -0.2) is 4.39 Å². The third kappa shape index (κ3) is 5.05. The van der Waals surface area contributed by atoms with E-state index in [1.54, 1.807) is 4.90 Å². The Balaban J connectivity index is 1.47. The zero-order valence-electron chi connectivity index (χ0n) is 14.8. The van der Waals surface area contributed by atoms with Gasteiger partial charge in [0.05, 0.1) is 17.1 Å². The van der Waals surface area contributed by atoms with E-state index in [4.69, 9.17) is 11.6 Å². The molecule has 0 atom stereocenters. The molecule has 0 spiro atoms. The van der Waals surface area contributed by atoms with Crippen LogP contribution in [0.25, 0.3) is 0 Å². The van der Waals surface area contributed by atoms with Gasteiger partial charge in [0.2, 0.25) is 5.91 Å². The van der Waals surface area contributed by atoms with Crippen LogP contribution in [0.5, 0.6) is 0 Å². The van der Waals surface area contributed by atoms with Crippen LogP contribution in [0.15, 0.2) is 48.5 Å². The van der Waals surface area contributed by atoms with Gasteiger partial charge in [0.25, 0.3) is 5.91 Å². The maximum atomic E-state index is 13.9. The van der Waals surface area contributed by atoms with E-state index < -0.39 is 11.7 Å². The molecule has 1 N–H and O–H groups in total. The lowest BCUT2D eigenvalue weighted by Crippen LogP contribution is -2.51. The van der Waals surface area contributed by atoms with E-state index in [-0.39, 0.29) is 23.0 Å². The molecule has 1 fully saturated rings. The molecule has 1 heterocycles. The molecule has 1 saturated heterocycles. The first-order chi connectivity index (χ1) is 13.0. The number of rotatable bonds is 5. The number of hydrogen-bond donors (Lipinski definition) is 1. The largest absolute Gasteiger partial charge is 0.351 e. The Kier molecular flexibility index (Phi) is 6.42. The molecule has 0 saturated carbocycles. The average molecular weight is 390 g/mol. The number of amides is 2. The van der Waals surface area contributed by atoms with E-state index in [2.05, 4.69) is 5.32 Å². The molecule has 7 heteroatoms. The van der Waals surface area contributed by atoms with Gasteiger partial charge in [-0.15, -0.1) is 0 Å². The van der Waals surface area contributed by atoms with Crippen LogP contribution in [-0.2, 0) is 11.3 Å². The van der Waals surface area contributed by atoms with E-state index in [1.165, 1.54) is 18.2 Å². The molecular weight excluding hydrogens is 369 g/mol. The summed E-state index contributed by atoms with van der Waals surface area (Å²) in [5.74, 6) is -1.09. The SMILES string of the molecule is O=C(CN1CCN(C(=O)c2c(F)cccc2Cl)CC1)NCc1ccccc1. The minimum absolute atomic E-state index is 0.0595. The lowest BCUT2D eigenvalue weighted by Gasteiger charge is -2.34. The molecule has 0 bridgehead atoms. The molecule has 2 aromatic carbocycles. The number of piperazine rings is 1. The Bertz CT molecular complexity index is 788. The average Bonchev–Trinajstić information content (AvgIpc) is 2.67. The summed E-state index contributed by atoms with van der Waals surface area (Å²) in [5, 5.41) is 3.01. The van der Waals surface area contributed by atoms with Gasteiger partial charge in [-0.2, -0.15) is 0 Å². The molecule has 0 radical (unpaired) electrons. The summed E-state index contributed by atoms with van der Waals surface area (Å²) < 4.78 is 13.9. The smallest absolute Gasteiger partial charge is 0.258 e. The van der Waals surface area contributed by atoms with Crippen LogP contribution < -0.4 is 5.32 Å². The monoisotopic (exact) mass is 389 g/mol. The maximum Gasteiger partial charge on any atom is 0.258 e. The Morgan fingerprint density at radius 2 is 1.70 bits per heavy atom. The fraction of sp³-hybridized carbons (Fsp3) is 0.300. The number of nitrogens with zero attached hydrogens (tertiary/aromatic N) is 2. The van der Waals surface area contributed by atoms with Gasteiger partial charge in [0.1, 0.15) is 5.82 Å². The Hall–Kier alpha value is -2.44. The normalized spacial score (nSPS) is 14.8. The van der Waals surface area contributed by atoms with E-state index >= 15 is 0 Å². The minimum atomic E-state index is -0.616. The van der Waals surface area contributed by atoms with Gasteiger partial charge in [0.15, 0.2) is 0 Å². The first kappa shape index (κ1) is 19.3. The van der Waals surface area contributed by atoms with Crippen LogP contribution in [-0.4, -0.2) is 54.3 Å². The first-order valence-electron chi connectivity index (χ1n) is 8.81. The molecule has 0 aromatic heterocycles. The van der Waals surface area contributed by atoms with Crippen molar-refractivity contribution in [1.29, 1.82) is 0 Å². The number of nitrogens with one attached hydrogen (secondary N) is 1. The Morgan fingerprint density at radius 1 is 1.00 bits per heavy atom. The second-order valence-corrected chi connectivity index (χ2v) is 6.83. The molecule has 1 aliphatic heterocycles. The molecule has 1 aliphatic rings. The highest BCUT2D eigenvalue weighted by Crippen LogP contribution is 2.21. The predicted molar refractivity (Wildman–Crippen MR) is 102 cm³/mol. The van der Waals surface area contributed by atoms with Crippen molar-refractivity contribution < 1.29 is 14.0 Å². The fourth-order valence-corrected chi connectivity index (χ4v) is 3.27. The molecule has 2 amide bonds. The van der Waals surface area contributed by atoms with Crippen LogP contribution in [0, 0.1) is 5.82 Å². The third-order valence-electron chi connectivity index (χ3n) is 4.54. The standard InChI is InChI=1S/C20H21ClFN3O2/c21-16-7-4-8-17(22)19(16)20(27)25-11-9-24(10-12-25)14-18(26)23-13-15-5-2-1-3-6-15/h1-8H,9-14H2,(H,23,26). The van der Waals surface area contributed by atoms with Crippen molar-refractivity contribution in [3.8, 4) is 0 Å². The number of hydrogen-bond acceptors (Lipinski definition) is 3. The number of halogens is 2. The molecular formula is C20H21ClFN3O2. The molecule has 0 aliphatic carbocycles. The summed E-state index contributed by atoms with van der Waals surface area (Å²) >= 11 is 5.98. The highest BCUT2D eigenvalue weighted by Gasteiger charge is 2.26. The Labute approximate surface area is 162 Å². The second kappa shape index (κ2) is 8.97. The van der Waals surface area contributed by atoms with Crippen molar-refractivity contribution in [1.82, 2.24) is 15.1 Å². The second-order valence-electron chi connectivity index (χ2n) is 6.43. The fourth-order valence-electron chi connectivity index (χ4n) is 3.02. The van der Waals surface area contributed by atoms with Crippen molar-refractivity contribution in [3.63, 3.8) is 0 Å². The first-order valence-corrected chi connectivity index (χ1v) is 9.18. The predicted octanol–water partition coefficient (Wildman–Crippen LogP) is 2.55. The highest BCUT2D eigenvalue weighted by molar-refractivity contribution is 6.33. The zero-order chi connectivity index (χ0) is 19.2. The lowest BCUT2D eigenvalue weighted by molar-refractivity contribution is -0.122. The number of carbonyl (C=O) groups is 2. The van der Waals surface area contributed by atoms with E-state index in [1.807, 2.05) is 35.2 Å². The third-order valence-corrected chi connectivity index (χ3v) is 4.85. The topological polar surface area (TPSA) is 52.7 Å². The van der Waals surface area contributed by atoms with E-state index in [0.717, 1.165) is 5.56 Å². The van der Waals surface area contributed by atoms with E-state index in [9.17, 15) is 14.0 Å². The van der Waals surface area contributed by atoms with Crippen molar-refractivity contribution in [2.45, 2.75) is 6.54 Å². The van der Waals surface area contributed by atoms with Crippen molar-refractivity contribution in [2.75, 3.05) is 32.7 Å². The number of carbonyl (C=O) groups excluding carboxylic acids is 2. The summed E-state index contributed by atoms with van der Waals surface area (Å²) in [7, 11) is 0. The summed E-state index contributed by atoms with van der Waals surface area (Å²) in [4.78, 5) is 28.2. The Morgan fingerprint density at radius 3 is 2.37 bits per heavy atom. The molecule has 2 aromatic rings.